The lowest BCUT2D eigenvalue weighted by molar-refractivity contribution is 0.0902. The Labute approximate surface area is 113 Å². The monoisotopic (exact) mass is 258 g/mol. The molecule has 1 aromatic carbocycles. The lowest BCUT2D eigenvalue weighted by Gasteiger charge is -2.20. The molecule has 0 radical (unpaired) electrons. The number of hydrogen-bond donors (Lipinski definition) is 0. The molecule has 0 unspecified atom stereocenters. The maximum absolute atomic E-state index is 12.5. The quantitative estimate of drug-likeness (QED) is 0.831. The molecule has 1 aromatic rings. The number of Topliss-reactive ketones (excluding diaryl/α,β-unsaturated/α-hetero) is 2. The molecular weight excluding hydrogens is 240 g/mol. The van der Waals surface area contributed by atoms with Crippen LogP contribution in [-0.2, 0) is 4.74 Å². The van der Waals surface area contributed by atoms with Gasteiger partial charge in [0.1, 0.15) is 0 Å². The van der Waals surface area contributed by atoms with Gasteiger partial charge in [-0.05, 0) is 18.8 Å². The van der Waals surface area contributed by atoms with E-state index in [1.807, 2.05) is 0 Å². The predicted octanol–water partition coefficient (Wildman–Crippen LogP) is 3.40. The number of carbonyl (C=O) groups is 2. The van der Waals surface area contributed by atoms with Crippen molar-refractivity contribution >= 4 is 11.6 Å². The number of ether oxygens (including phenoxy) is 1. The number of ketones is 2. The summed E-state index contributed by atoms with van der Waals surface area (Å²) in [5.74, 6) is 0.430. The average Bonchev–Trinajstić information content (AvgIpc) is 2.41. The van der Waals surface area contributed by atoms with E-state index in [9.17, 15) is 9.59 Å². The van der Waals surface area contributed by atoms with Crippen molar-refractivity contribution in [2.24, 2.45) is 5.92 Å². The Morgan fingerprint density at radius 1 is 1.05 bits per heavy atom. The lowest BCUT2D eigenvalue weighted by Crippen LogP contribution is -2.23. The minimum atomic E-state index is -0.184. The van der Waals surface area contributed by atoms with Crippen LogP contribution < -0.4 is 0 Å². The highest BCUT2D eigenvalue weighted by Gasteiger charge is 2.32. The van der Waals surface area contributed by atoms with Gasteiger partial charge in [-0.2, -0.15) is 0 Å². The van der Waals surface area contributed by atoms with Crippen LogP contribution in [0.4, 0.5) is 0 Å². The molecule has 19 heavy (non-hydrogen) atoms. The molecule has 0 spiro atoms. The zero-order valence-electron chi connectivity index (χ0n) is 11.5. The molecule has 1 aliphatic carbocycles. The minimum absolute atomic E-state index is 0.0762. The highest BCUT2D eigenvalue weighted by atomic mass is 16.5. The largest absolute Gasteiger partial charge is 0.492 e. The van der Waals surface area contributed by atoms with Crippen LogP contribution in [-0.4, -0.2) is 18.7 Å². The molecule has 100 valence electrons. The Morgan fingerprint density at radius 3 is 2.16 bits per heavy atom. The summed E-state index contributed by atoms with van der Waals surface area (Å²) in [5.41, 5.74) is 1.45. The van der Waals surface area contributed by atoms with Gasteiger partial charge in [0.05, 0.1) is 7.11 Å². The van der Waals surface area contributed by atoms with Crippen LogP contribution in [0.5, 0.6) is 0 Å². The van der Waals surface area contributed by atoms with E-state index in [1.54, 1.807) is 24.3 Å². The SMILES string of the molecule is COC1=C(CCC(C)C)C(=O)c2ccccc2C1=O. The molecule has 0 N–H and O–H groups in total. The second-order valence-corrected chi connectivity index (χ2v) is 5.15. The standard InChI is InChI=1S/C16H18O3/c1-10(2)8-9-13-14(17)11-6-4-5-7-12(11)15(18)16(13)19-3/h4-7,10H,8-9H2,1-3H3. The second kappa shape index (κ2) is 5.39. The third-order valence-electron chi connectivity index (χ3n) is 3.35. The fraction of sp³-hybridized carbons (Fsp3) is 0.375. The Hall–Kier alpha value is -1.90. The van der Waals surface area contributed by atoms with Crippen LogP contribution >= 0.6 is 0 Å². The summed E-state index contributed by atoms with van der Waals surface area (Å²) >= 11 is 0. The van der Waals surface area contributed by atoms with E-state index in [0.29, 0.717) is 29.0 Å². The van der Waals surface area contributed by atoms with Crippen LogP contribution in [0.15, 0.2) is 35.6 Å². The van der Waals surface area contributed by atoms with E-state index in [2.05, 4.69) is 13.8 Å². The van der Waals surface area contributed by atoms with Gasteiger partial charge in [0.15, 0.2) is 11.5 Å². The normalized spacial score (nSPS) is 14.9. The molecule has 0 aliphatic heterocycles. The van der Waals surface area contributed by atoms with Gasteiger partial charge in [0, 0.05) is 16.7 Å². The Kier molecular flexibility index (Phi) is 3.84. The number of rotatable bonds is 4. The molecule has 0 fully saturated rings. The fourth-order valence-electron chi connectivity index (χ4n) is 2.28. The van der Waals surface area contributed by atoms with Gasteiger partial charge in [0.25, 0.3) is 0 Å². The molecular formula is C16H18O3. The van der Waals surface area contributed by atoms with Crippen molar-refractivity contribution in [3.8, 4) is 0 Å². The maximum Gasteiger partial charge on any atom is 0.228 e. The van der Waals surface area contributed by atoms with Gasteiger partial charge in [0.2, 0.25) is 5.78 Å². The van der Waals surface area contributed by atoms with Gasteiger partial charge in [-0.3, -0.25) is 9.59 Å². The van der Waals surface area contributed by atoms with Crippen LogP contribution in [0.25, 0.3) is 0 Å². The van der Waals surface area contributed by atoms with E-state index >= 15 is 0 Å². The lowest BCUT2D eigenvalue weighted by atomic mass is 9.85. The molecule has 3 nitrogen and oxygen atoms in total. The molecule has 0 saturated heterocycles. The first-order chi connectivity index (χ1) is 9.06. The minimum Gasteiger partial charge on any atom is -0.492 e. The van der Waals surface area contributed by atoms with Crippen LogP contribution in [0, 0.1) is 5.92 Å². The van der Waals surface area contributed by atoms with Crippen LogP contribution in [0.1, 0.15) is 47.4 Å². The third kappa shape index (κ3) is 2.46. The zero-order valence-corrected chi connectivity index (χ0v) is 11.5. The summed E-state index contributed by atoms with van der Waals surface area (Å²) in [7, 11) is 1.45. The Bertz CT molecular complexity index is 553. The van der Waals surface area contributed by atoms with Crippen molar-refractivity contribution in [2.45, 2.75) is 26.7 Å². The Balaban J connectivity index is 2.45. The Morgan fingerprint density at radius 2 is 1.63 bits per heavy atom. The summed E-state index contributed by atoms with van der Waals surface area (Å²) in [4.78, 5) is 24.8. The summed E-state index contributed by atoms with van der Waals surface area (Å²) in [6.07, 6.45) is 1.45. The molecule has 0 aromatic heterocycles. The molecule has 1 aliphatic rings. The number of hydrogen-bond acceptors (Lipinski definition) is 3. The molecule has 0 saturated carbocycles. The van der Waals surface area contributed by atoms with E-state index in [4.69, 9.17) is 4.74 Å². The third-order valence-corrected chi connectivity index (χ3v) is 3.35. The predicted molar refractivity (Wildman–Crippen MR) is 73.2 cm³/mol. The van der Waals surface area contributed by atoms with Crippen molar-refractivity contribution in [1.82, 2.24) is 0 Å². The highest BCUT2D eigenvalue weighted by molar-refractivity contribution is 6.26. The fourth-order valence-corrected chi connectivity index (χ4v) is 2.28. The number of fused-ring (bicyclic) bond motifs is 1. The van der Waals surface area contributed by atoms with Gasteiger partial charge >= 0.3 is 0 Å². The summed E-state index contributed by atoms with van der Waals surface area (Å²) in [5, 5.41) is 0. The number of allylic oxidation sites excluding steroid dienone is 2. The maximum atomic E-state index is 12.5. The first-order valence-corrected chi connectivity index (χ1v) is 6.51. The first kappa shape index (κ1) is 13.5. The van der Waals surface area contributed by atoms with Crippen molar-refractivity contribution in [3.63, 3.8) is 0 Å². The number of carbonyl (C=O) groups excluding carboxylic acids is 2. The van der Waals surface area contributed by atoms with E-state index in [-0.39, 0.29) is 17.3 Å². The van der Waals surface area contributed by atoms with Crippen molar-refractivity contribution in [1.29, 1.82) is 0 Å². The van der Waals surface area contributed by atoms with Gasteiger partial charge in [-0.1, -0.05) is 38.1 Å². The van der Waals surface area contributed by atoms with Gasteiger partial charge in [-0.15, -0.1) is 0 Å². The van der Waals surface area contributed by atoms with Crippen molar-refractivity contribution < 1.29 is 14.3 Å². The molecule has 0 heterocycles. The summed E-state index contributed by atoms with van der Waals surface area (Å²) < 4.78 is 5.18. The smallest absolute Gasteiger partial charge is 0.228 e. The highest BCUT2D eigenvalue weighted by Crippen LogP contribution is 2.29. The molecule has 2 rings (SSSR count). The van der Waals surface area contributed by atoms with Gasteiger partial charge in [-0.25, -0.2) is 0 Å². The number of methoxy groups -OCH3 is 1. The van der Waals surface area contributed by atoms with Crippen molar-refractivity contribution in [2.75, 3.05) is 7.11 Å². The second-order valence-electron chi connectivity index (χ2n) is 5.15. The number of benzene rings is 1. The van der Waals surface area contributed by atoms with Crippen molar-refractivity contribution in [3.05, 3.63) is 46.7 Å². The first-order valence-electron chi connectivity index (χ1n) is 6.51. The molecule has 0 amide bonds. The van der Waals surface area contributed by atoms with E-state index in [0.717, 1.165) is 6.42 Å². The molecule has 0 bridgehead atoms. The van der Waals surface area contributed by atoms with E-state index in [1.165, 1.54) is 7.11 Å². The summed E-state index contributed by atoms with van der Waals surface area (Å²) in [6.45, 7) is 4.19. The van der Waals surface area contributed by atoms with Crippen LogP contribution in [0.3, 0.4) is 0 Å². The topological polar surface area (TPSA) is 43.4 Å². The molecule has 3 heteroatoms. The average molecular weight is 258 g/mol. The van der Waals surface area contributed by atoms with Crippen LogP contribution in [0.2, 0.25) is 0 Å². The van der Waals surface area contributed by atoms with Gasteiger partial charge < -0.3 is 4.74 Å². The summed E-state index contributed by atoms with van der Waals surface area (Å²) in [6, 6.07) is 6.92. The molecule has 0 atom stereocenters. The zero-order chi connectivity index (χ0) is 14.0. The van der Waals surface area contributed by atoms with E-state index < -0.39 is 0 Å².